The number of methoxy groups -OCH3 is 1. The van der Waals surface area contributed by atoms with Crippen molar-refractivity contribution in [3.8, 4) is 5.88 Å². The highest BCUT2D eigenvalue weighted by Crippen LogP contribution is 2.20. The summed E-state index contributed by atoms with van der Waals surface area (Å²) < 4.78 is 5.10. The van der Waals surface area contributed by atoms with Crippen molar-refractivity contribution in [1.82, 2.24) is 15.0 Å². The fourth-order valence-corrected chi connectivity index (χ4v) is 1.18. The van der Waals surface area contributed by atoms with Crippen LogP contribution in [0.25, 0.3) is 11.0 Å². The van der Waals surface area contributed by atoms with E-state index >= 15 is 0 Å². The molecular formula is C8H9N3O. The summed E-state index contributed by atoms with van der Waals surface area (Å²) in [5.41, 5.74) is 0.819. The van der Waals surface area contributed by atoms with E-state index in [1.807, 2.05) is 19.2 Å². The Morgan fingerprint density at radius 3 is 3.00 bits per heavy atom. The molecule has 0 atom stereocenters. The second kappa shape index (κ2) is 2.48. The highest BCUT2D eigenvalue weighted by Gasteiger charge is 2.05. The summed E-state index contributed by atoms with van der Waals surface area (Å²) in [5.74, 6) is 1.33. The van der Waals surface area contributed by atoms with Crippen LogP contribution in [0.5, 0.6) is 5.88 Å². The zero-order valence-electron chi connectivity index (χ0n) is 6.96. The third kappa shape index (κ3) is 0.922. The number of rotatable bonds is 1. The molecule has 0 bridgehead atoms. The highest BCUT2D eigenvalue weighted by atomic mass is 16.5. The van der Waals surface area contributed by atoms with Crippen LogP contribution in [0.1, 0.15) is 5.82 Å². The number of aromatic nitrogens is 3. The number of nitrogens with zero attached hydrogens (tertiary/aromatic N) is 2. The van der Waals surface area contributed by atoms with Crippen LogP contribution < -0.4 is 4.74 Å². The number of hydrogen-bond donors (Lipinski definition) is 1. The SMILES string of the molecule is COc1nc(C)nc2[nH]ccc12. The Morgan fingerprint density at radius 2 is 2.25 bits per heavy atom. The van der Waals surface area contributed by atoms with Crippen LogP contribution in [0.15, 0.2) is 12.3 Å². The second-order valence-electron chi connectivity index (χ2n) is 2.52. The fourth-order valence-electron chi connectivity index (χ4n) is 1.18. The number of aromatic amines is 1. The maximum Gasteiger partial charge on any atom is 0.226 e. The molecule has 0 amide bonds. The smallest absolute Gasteiger partial charge is 0.226 e. The van der Waals surface area contributed by atoms with Gasteiger partial charge in [0.1, 0.15) is 11.5 Å². The van der Waals surface area contributed by atoms with Crippen LogP contribution in [-0.2, 0) is 0 Å². The van der Waals surface area contributed by atoms with Gasteiger partial charge in [-0.2, -0.15) is 4.98 Å². The molecule has 0 radical (unpaired) electrons. The first kappa shape index (κ1) is 7.09. The molecule has 0 aliphatic heterocycles. The van der Waals surface area contributed by atoms with Crippen LogP contribution in [0.2, 0.25) is 0 Å². The Bertz CT molecular complexity index is 408. The minimum absolute atomic E-state index is 0.624. The zero-order chi connectivity index (χ0) is 8.55. The molecular weight excluding hydrogens is 154 g/mol. The maximum atomic E-state index is 5.10. The van der Waals surface area contributed by atoms with E-state index in [9.17, 15) is 0 Å². The lowest BCUT2D eigenvalue weighted by atomic mass is 10.4. The van der Waals surface area contributed by atoms with Crippen molar-refractivity contribution < 1.29 is 4.74 Å². The van der Waals surface area contributed by atoms with E-state index in [4.69, 9.17) is 4.74 Å². The zero-order valence-corrected chi connectivity index (χ0v) is 6.96. The topological polar surface area (TPSA) is 50.8 Å². The van der Waals surface area contributed by atoms with Crippen molar-refractivity contribution in [1.29, 1.82) is 0 Å². The van der Waals surface area contributed by atoms with Crippen LogP contribution in [0.3, 0.4) is 0 Å². The summed E-state index contributed by atoms with van der Waals surface area (Å²) in [6.45, 7) is 1.84. The normalized spacial score (nSPS) is 10.5. The summed E-state index contributed by atoms with van der Waals surface area (Å²) in [6.07, 6.45) is 1.82. The minimum atomic E-state index is 0.624. The van der Waals surface area contributed by atoms with E-state index < -0.39 is 0 Å². The predicted molar refractivity (Wildman–Crippen MR) is 45.2 cm³/mol. The molecule has 4 nitrogen and oxygen atoms in total. The molecule has 2 aromatic rings. The summed E-state index contributed by atoms with van der Waals surface area (Å²) in [7, 11) is 1.61. The standard InChI is InChI=1S/C8H9N3O/c1-5-10-7-6(3-4-9-7)8(11-5)12-2/h3-4H,1-2H3,(H,9,10,11). The van der Waals surface area contributed by atoms with Gasteiger partial charge in [0.2, 0.25) is 5.88 Å². The van der Waals surface area contributed by atoms with Crippen LogP contribution in [0.4, 0.5) is 0 Å². The Morgan fingerprint density at radius 1 is 1.42 bits per heavy atom. The van der Waals surface area contributed by atoms with E-state index in [1.165, 1.54) is 0 Å². The number of hydrogen-bond acceptors (Lipinski definition) is 3. The third-order valence-electron chi connectivity index (χ3n) is 1.69. The molecule has 0 fully saturated rings. The predicted octanol–water partition coefficient (Wildman–Crippen LogP) is 1.27. The summed E-state index contributed by atoms with van der Waals surface area (Å²) >= 11 is 0. The lowest BCUT2D eigenvalue weighted by molar-refractivity contribution is 0.401. The average molecular weight is 163 g/mol. The third-order valence-corrected chi connectivity index (χ3v) is 1.69. The van der Waals surface area contributed by atoms with Crippen molar-refractivity contribution in [2.45, 2.75) is 6.92 Å². The van der Waals surface area contributed by atoms with E-state index in [0.29, 0.717) is 11.7 Å². The van der Waals surface area contributed by atoms with Gasteiger partial charge in [-0.05, 0) is 13.0 Å². The first-order valence-electron chi connectivity index (χ1n) is 3.67. The van der Waals surface area contributed by atoms with Gasteiger partial charge in [-0.3, -0.25) is 0 Å². The Balaban J connectivity index is 2.80. The Labute approximate surface area is 69.6 Å². The number of fused-ring (bicyclic) bond motifs is 1. The lowest BCUT2D eigenvalue weighted by Gasteiger charge is -2.00. The van der Waals surface area contributed by atoms with Crippen molar-refractivity contribution in [3.05, 3.63) is 18.1 Å². The molecule has 4 heteroatoms. The number of ether oxygens (including phenoxy) is 1. The highest BCUT2D eigenvalue weighted by molar-refractivity contribution is 5.80. The molecule has 0 aromatic carbocycles. The van der Waals surface area contributed by atoms with E-state index in [1.54, 1.807) is 7.11 Å². The van der Waals surface area contributed by atoms with Crippen molar-refractivity contribution in [2.24, 2.45) is 0 Å². The number of nitrogens with one attached hydrogen (secondary N) is 1. The summed E-state index contributed by atoms with van der Waals surface area (Å²) in [6, 6.07) is 1.90. The molecule has 0 aliphatic carbocycles. The van der Waals surface area contributed by atoms with E-state index in [0.717, 1.165) is 11.0 Å². The number of H-pyrrole nitrogens is 1. The lowest BCUT2D eigenvalue weighted by Crippen LogP contribution is -1.93. The van der Waals surface area contributed by atoms with Gasteiger partial charge in [-0.15, -0.1) is 0 Å². The first-order valence-corrected chi connectivity index (χ1v) is 3.67. The average Bonchev–Trinajstić information content (AvgIpc) is 2.50. The molecule has 2 heterocycles. The van der Waals surface area contributed by atoms with Crippen molar-refractivity contribution in [2.75, 3.05) is 7.11 Å². The molecule has 1 N–H and O–H groups in total. The second-order valence-corrected chi connectivity index (χ2v) is 2.52. The van der Waals surface area contributed by atoms with Gasteiger partial charge >= 0.3 is 0 Å². The summed E-state index contributed by atoms with van der Waals surface area (Å²) in [4.78, 5) is 11.3. The molecule has 2 rings (SSSR count). The number of aryl methyl sites for hydroxylation is 1. The largest absolute Gasteiger partial charge is 0.480 e. The first-order chi connectivity index (χ1) is 5.81. The molecule has 0 spiro atoms. The monoisotopic (exact) mass is 163 g/mol. The van der Waals surface area contributed by atoms with Crippen LogP contribution in [0, 0.1) is 6.92 Å². The molecule has 0 unspecified atom stereocenters. The van der Waals surface area contributed by atoms with Crippen molar-refractivity contribution >= 4 is 11.0 Å². The van der Waals surface area contributed by atoms with Gasteiger partial charge in [-0.25, -0.2) is 4.98 Å². The molecule has 0 saturated carbocycles. The van der Waals surface area contributed by atoms with Crippen molar-refractivity contribution in [3.63, 3.8) is 0 Å². The molecule has 62 valence electrons. The van der Waals surface area contributed by atoms with Crippen LogP contribution in [-0.4, -0.2) is 22.1 Å². The molecule has 2 aromatic heterocycles. The molecule has 12 heavy (non-hydrogen) atoms. The van der Waals surface area contributed by atoms with Gasteiger partial charge in [0, 0.05) is 6.20 Å². The summed E-state index contributed by atoms with van der Waals surface area (Å²) in [5, 5.41) is 0.920. The van der Waals surface area contributed by atoms with Gasteiger partial charge in [0.15, 0.2) is 0 Å². The van der Waals surface area contributed by atoms with E-state index in [-0.39, 0.29) is 0 Å². The fraction of sp³-hybridized carbons (Fsp3) is 0.250. The van der Waals surface area contributed by atoms with Crippen LogP contribution >= 0.6 is 0 Å². The molecule has 0 aliphatic rings. The minimum Gasteiger partial charge on any atom is -0.480 e. The van der Waals surface area contributed by atoms with Gasteiger partial charge in [0.05, 0.1) is 12.5 Å². The quantitative estimate of drug-likeness (QED) is 0.688. The van der Waals surface area contributed by atoms with Gasteiger partial charge in [-0.1, -0.05) is 0 Å². The Hall–Kier alpha value is -1.58. The molecule has 0 saturated heterocycles. The van der Waals surface area contributed by atoms with Gasteiger partial charge < -0.3 is 9.72 Å². The van der Waals surface area contributed by atoms with E-state index in [2.05, 4.69) is 15.0 Å². The Kier molecular flexibility index (Phi) is 1.46. The maximum absolute atomic E-state index is 5.10. The van der Waals surface area contributed by atoms with Gasteiger partial charge in [0.25, 0.3) is 0 Å².